The van der Waals surface area contributed by atoms with E-state index in [1.54, 1.807) is 24.3 Å². The van der Waals surface area contributed by atoms with Crippen LogP contribution >= 0.6 is 0 Å². The average Bonchev–Trinajstić information content (AvgIpc) is 2.27. The summed E-state index contributed by atoms with van der Waals surface area (Å²) in [5, 5.41) is 8.53. The van der Waals surface area contributed by atoms with E-state index in [2.05, 4.69) is 0 Å². The molecule has 0 amide bonds. The van der Waals surface area contributed by atoms with Gasteiger partial charge in [-0.2, -0.15) is 0 Å². The fraction of sp³-hybridized carbons (Fsp3) is 0.364. The van der Waals surface area contributed by atoms with Crippen molar-refractivity contribution in [1.29, 1.82) is 0 Å². The van der Waals surface area contributed by atoms with Gasteiger partial charge >= 0.3 is 5.97 Å². The zero-order chi connectivity index (χ0) is 12.2. The molecule has 88 valence electrons. The Morgan fingerprint density at radius 3 is 2.31 bits per heavy atom. The summed E-state index contributed by atoms with van der Waals surface area (Å²) in [6.07, 6.45) is 0. The molecule has 1 aromatic carbocycles. The number of benzene rings is 1. The highest BCUT2D eigenvalue weighted by atomic mass is 19.1. The number of alkyl halides is 1. The molecule has 0 aromatic heterocycles. The Bertz CT molecular complexity index is 359. The van der Waals surface area contributed by atoms with E-state index in [1.807, 2.05) is 0 Å². The summed E-state index contributed by atoms with van der Waals surface area (Å²) in [5.74, 6) is -0.500. The third kappa shape index (κ3) is 3.12. The molecule has 1 rings (SSSR count). The van der Waals surface area contributed by atoms with Crippen molar-refractivity contribution in [2.45, 2.75) is 12.6 Å². The molecule has 1 aromatic rings. The lowest BCUT2D eigenvalue weighted by molar-refractivity contribution is -0.151. The van der Waals surface area contributed by atoms with E-state index in [1.165, 1.54) is 7.11 Å². The first kappa shape index (κ1) is 12.3. The zero-order valence-corrected chi connectivity index (χ0v) is 9.07. The first-order valence-electron chi connectivity index (χ1n) is 4.65. The van der Waals surface area contributed by atoms with Crippen molar-refractivity contribution in [3.63, 3.8) is 0 Å². The van der Waals surface area contributed by atoms with Gasteiger partial charge in [0.1, 0.15) is 18.1 Å². The first-order chi connectivity index (χ1) is 7.45. The van der Waals surface area contributed by atoms with E-state index >= 15 is 0 Å². The van der Waals surface area contributed by atoms with Gasteiger partial charge in [0, 0.05) is 0 Å². The lowest BCUT2D eigenvalue weighted by Gasteiger charge is -2.15. The van der Waals surface area contributed by atoms with Gasteiger partial charge in [0.05, 0.1) is 7.11 Å². The summed E-state index contributed by atoms with van der Waals surface area (Å²) in [5.41, 5.74) is -2.39. The largest absolute Gasteiger partial charge is 0.497 e. The van der Waals surface area contributed by atoms with Gasteiger partial charge in [-0.15, -0.1) is 0 Å². The monoisotopic (exact) mass is 228 g/mol. The third-order valence-corrected chi connectivity index (χ3v) is 2.02. The van der Waals surface area contributed by atoms with Gasteiger partial charge in [0.15, 0.2) is 0 Å². The zero-order valence-electron chi connectivity index (χ0n) is 9.07. The number of ether oxygens (including phenoxy) is 2. The molecule has 0 aliphatic heterocycles. The SMILES string of the molecule is COc1ccc(OCC(C)(F)C(=O)O)cc1. The molecule has 0 fully saturated rings. The Kier molecular flexibility index (Phi) is 3.71. The van der Waals surface area contributed by atoms with Gasteiger partial charge in [0.25, 0.3) is 0 Å². The molecule has 1 atom stereocenters. The van der Waals surface area contributed by atoms with Crippen molar-refractivity contribution in [3.8, 4) is 11.5 Å². The van der Waals surface area contributed by atoms with E-state index in [0.717, 1.165) is 6.92 Å². The number of carbonyl (C=O) groups is 1. The van der Waals surface area contributed by atoms with E-state index in [-0.39, 0.29) is 0 Å². The fourth-order valence-electron chi connectivity index (χ4n) is 0.953. The van der Waals surface area contributed by atoms with Gasteiger partial charge in [-0.05, 0) is 31.2 Å². The van der Waals surface area contributed by atoms with Crippen LogP contribution in [-0.2, 0) is 4.79 Å². The van der Waals surface area contributed by atoms with Crippen LogP contribution in [0, 0.1) is 0 Å². The standard InChI is InChI=1S/C11H13FO4/c1-11(12,10(13)14)7-16-9-5-3-8(15-2)4-6-9/h3-6H,7H2,1-2H3,(H,13,14). The Labute approximate surface area is 92.6 Å². The molecule has 0 spiro atoms. The summed E-state index contributed by atoms with van der Waals surface area (Å²) in [4.78, 5) is 10.5. The van der Waals surface area contributed by atoms with Gasteiger partial charge in [-0.1, -0.05) is 0 Å². The molecule has 1 N–H and O–H groups in total. The summed E-state index contributed by atoms with van der Waals surface area (Å²) < 4.78 is 23.2. The van der Waals surface area contributed by atoms with Gasteiger partial charge in [0.2, 0.25) is 5.67 Å². The van der Waals surface area contributed by atoms with Crippen molar-refractivity contribution in [2.75, 3.05) is 13.7 Å². The highest BCUT2D eigenvalue weighted by Crippen LogP contribution is 2.19. The predicted molar refractivity (Wildman–Crippen MR) is 55.6 cm³/mol. The molecule has 0 saturated carbocycles. The third-order valence-electron chi connectivity index (χ3n) is 2.02. The Morgan fingerprint density at radius 2 is 1.88 bits per heavy atom. The first-order valence-corrected chi connectivity index (χ1v) is 4.65. The minimum Gasteiger partial charge on any atom is -0.497 e. The van der Waals surface area contributed by atoms with Crippen molar-refractivity contribution in [1.82, 2.24) is 0 Å². The van der Waals surface area contributed by atoms with Crippen molar-refractivity contribution >= 4 is 5.97 Å². The van der Waals surface area contributed by atoms with Crippen LogP contribution < -0.4 is 9.47 Å². The minimum absolute atomic E-state index is 0.394. The molecular weight excluding hydrogens is 215 g/mol. The fourth-order valence-corrected chi connectivity index (χ4v) is 0.953. The molecule has 16 heavy (non-hydrogen) atoms. The lowest BCUT2D eigenvalue weighted by Crippen LogP contribution is -2.36. The molecule has 5 heteroatoms. The maximum absolute atomic E-state index is 13.3. The van der Waals surface area contributed by atoms with E-state index in [0.29, 0.717) is 11.5 Å². The summed E-state index contributed by atoms with van der Waals surface area (Å²) >= 11 is 0. The normalized spacial score (nSPS) is 13.9. The molecule has 0 bridgehead atoms. The quantitative estimate of drug-likeness (QED) is 0.836. The number of halogens is 1. The second kappa shape index (κ2) is 4.83. The summed E-state index contributed by atoms with van der Waals surface area (Å²) in [6.45, 7) is 0.424. The van der Waals surface area contributed by atoms with Gasteiger partial charge in [-0.3, -0.25) is 0 Å². The molecule has 0 radical (unpaired) electrons. The molecule has 1 unspecified atom stereocenters. The predicted octanol–water partition coefficient (Wildman–Crippen LogP) is 1.89. The van der Waals surface area contributed by atoms with Crippen LogP contribution in [0.2, 0.25) is 0 Å². The van der Waals surface area contributed by atoms with Crippen LogP contribution in [0.5, 0.6) is 11.5 Å². The molecule has 0 aliphatic rings. The topological polar surface area (TPSA) is 55.8 Å². The lowest BCUT2D eigenvalue weighted by atomic mass is 10.1. The van der Waals surface area contributed by atoms with Crippen LogP contribution in [0.4, 0.5) is 4.39 Å². The average molecular weight is 228 g/mol. The van der Waals surface area contributed by atoms with Crippen LogP contribution in [0.15, 0.2) is 24.3 Å². The summed E-state index contributed by atoms with van der Waals surface area (Å²) in [6, 6.07) is 6.45. The Balaban J connectivity index is 2.58. The van der Waals surface area contributed by atoms with E-state index < -0.39 is 18.2 Å². The number of hydrogen-bond acceptors (Lipinski definition) is 3. The van der Waals surface area contributed by atoms with Crippen LogP contribution in [0.25, 0.3) is 0 Å². The summed E-state index contributed by atoms with van der Waals surface area (Å²) in [7, 11) is 1.53. The highest BCUT2D eigenvalue weighted by Gasteiger charge is 2.33. The number of methoxy groups -OCH3 is 1. The van der Waals surface area contributed by atoms with Crippen molar-refractivity contribution in [2.24, 2.45) is 0 Å². The van der Waals surface area contributed by atoms with Crippen LogP contribution in [0.3, 0.4) is 0 Å². The molecule has 0 saturated heterocycles. The minimum atomic E-state index is -2.39. The number of rotatable bonds is 5. The van der Waals surface area contributed by atoms with Crippen LogP contribution in [-0.4, -0.2) is 30.5 Å². The maximum Gasteiger partial charge on any atom is 0.344 e. The molecular formula is C11H13FO4. The van der Waals surface area contributed by atoms with E-state index in [9.17, 15) is 9.18 Å². The number of carboxylic acid groups (broad SMARTS) is 1. The van der Waals surface area contributed by atoms with Crippen molar-refractivity contribution in [3.05, 3.63) is 24.3 Å². The second-order valence-corrected chi connectivity index (χ2v) is 3.47. The molecule has 4 nitrogen and oxygen atoms in total. The van der Waals surface area contributed by atoms with Crippen molar-refractivity contribution < 1.29 is 23.8 Å². The molecule has 0 heterocycles. The molecule has 0 aliphatic carbocycles. The van der Waals surface area contributed by atoms with Crippen LogP contribution in [0.1, 0.15) is 6.92 Å². The second-order valence-electron chi connectivity index (χ2n) is 3.47. The van der Waals surface area contributed by atoms with E-state index in [4.69, 9.17) is 14.6 Å². The Morgan fingerprint density at radius 1 is 1.38 bits per heavy atom. The maximum atomic E-state index is 13.3. The van der Waals surface area contributed by atoms with Gasteiger partial charge in [-0.25, -0.2) is 9.18 Å². The Hall–Kier alpha value is -1.78. The smallest absolute Gasteiger partial charge is 0.344 e. The number of carboxylic acids is 1. The number of hydrogen-bond donors (Lipinski definition) is 1. The number of aliphatic carboxylic acids is 1. The van der Waals surface area contributed by atoms with Gasteiger partial charge < -0.3 is 14.6 Å². The highest BCUT2D eigenvalue weighted by molar-refractivity contribution is 5.76.